The largest absolute Gasteiger partial charge is 0.478 e. The summed E-state index contributed by atoms with van der Waals surface area (Å²) in [5, 5.41) is 9.74. The number of benzene rings is 1. The number of hydrogen-bond donors (Lipinski definition) is 1. The van der Waals surface area contributed by atoms with Crippen molar-refractivity contribution in [2.45, 2.75) is 39.7 Å². The van der Waals surface area contributed by atoms with E-state index in [2.05, 4.69) is 27.8 Å². The van der Waals surface area contributed by atoms with E-state index >= 15 is 0 Å². The highest BCUT2D eigenvalue weighted by molar-refractivity contribution is 5.94. The Morgan fingerprint density at radius 1 is 1.06 bits per heavy atom. The number of aromatic nitrogens is 1. The number of aromatic carboxylic acids is 1. The summed E-state index contributed by atoms with van der Waals surface area (Å²) >= 11 is 0. The van der Waals surface area contributed by atoms with Crippen LogP contribution in [0.15, 0.2) is 30.5 Å². The number of likely N-dealkylation sites (N-methyl/N-ethyl adjacent to an activating group) is 1. The molecule has 1 N–H and O–H groups in total. The van der Waals surface area contributed by atoms with Gasteiger partial charge in [0.1, 0.15) is 11.4 Å². The van der Waals surface area contributed by atoms with Gasteiger partial charge in [-0.1, -0.05) is 0 Å². The monoisotopic (exact) mass is 452 g/mol. The van der Waals surface area contributed by atoms with Gasteiger partial charge in [-0.2, -0.15) is 0 Å². The van der Waals surface area contributed by atoms with Gasteiger partial charge < -0.3 is 24.5 Å². The van der Waals surface area contributed by atoms with Crippen LogP contribution in [0.1, 0.15) is 43.6 Å². The summed E-state index contributed by atoms with van der Waals surface area (Å²) in [6.45, 7) is 11.9. The fourth-order valence-corrected chi connectivity index (χ4v) is 4.44. The average Bonchev–Trinajstić information content (AvgIpc) is 3.20. The molecule has 1 fully saturated rings. The number of carbonyl (C=O) groups excluding carboxylic acids is 1. The first-order valence-corrected chi connectivity index (χ1v) is 11.5. The molecule has 1 amide bonds. The standard InChI is InChI=1S/C25H32N4O4/c1-5-27-9-8-19-20(23(30)31)14-18(15-21(19)27)17-6-7-22(26-16-17)28-10-12-29(13-11-28)24(32)33-25(2,3)4/h6-7,14-16H,5,8-13H2,1-4H3,(H,30,31). The quantitative estimate of drug-likeness (QED) is 0.753. The predicted octanol–water partition coefficient (Wildman–Crippen LogP) is 3.89. The number of nitrogens with zero attached hydrogens (tertiary/aromatic N) is 4. The number of ether oxygens (including phenoxy) is 1. The van der Waals surface area contributed by atoms with Gasteiger partial charge in [-0.25, -0.2) is 14.6 Å². The van der Waals surface area contributed by atoms with Gasteiger partial charge in [0.2, 0.25) is 0 Å². The van der Waals surface area contributed by atoms with E-state index in [9.17, 15) is 14.7 Å². The zero-order chi connectivity index (χ0) is 23.8. The van der Waals surface area contributed by atoms with Crippen LogP contribution in [0.5, 0.6) is 0 Å². The summed E-state index contributed by atoms with van der Waals surface area (Å²) in [5.41, 5.74) is 3.55. The Morgan fingerprint density at radius 3 is 2.36 bits per heavy atom. The van der Waals surface area contributed by atoms with E-state index in [1.807, 2.05) is 32.9 Å². The van der Waals surface area contributed by atoms with Crippen molar-refractivity contribution in [1.82, 2.24) is 9.88 Å². The summed E-state index contributed by atoms with van der Waals surface area (Å²) in [6, 6.07) is 7.79. The molecule has 1 saturated heterocycles. The lowest BCUT2D eigenvalue weighted by Crippen LogP contribution is -2.50. The maximum absolute atomic E-state index is 12.3. The summed E-state index contributed by atoms with van der Waals surface area (Å²) in [5.74, 6) is -0.0455. The van der Waals surface area contributed by atoms with Crippen molar-refractivity contribution in [1.29, 1.82) is 0 Å². The first-order valence-electron chi connectivity index (χ1n) is 11.5. The highest BCUT2D eigenvalue weighted by atomic mass is 16.6. The Morgan fingerprint density at radius 2 is 1.79 bits per heavy atom. The third kappa shape index (κ3) is 4.89. The molecule has 0 unspecified atom stereocenters. The van der Waals surface area contributed by atoms with Crippen molar-refractivity contribution in [2.75, 3.05) is 49.1 Å². The first-order chi connectivity index (χ1) is 15.7. The number of carboxylic acids is 1. The Kier molecular flexibility index (Phi) is 6.19. The highest BCUT2D eigenvalue weighted by Crippen LogP contribution is 2.36. The second-order valence-electron chi connectivity index (χ2n) is 9.52. The van der Waals surface area contributed by atoms with Crippen LogP contribution >= 0.6 is 0 Å². The number of fused-ring (bicyclic) bond motifs is 1. The van der Waals surface area contributed by atoms with Gasteiger partial charge in [0.15, 0.2) is 0 Å². The van der Waals surface area contributed by atoms with Gasteiger partial charge in [-0.3, -0.25) is 0 Å². The molecule has 0 bridgehead atoms. The van der Waals surface area contributed by atoms with Gasteiger partial charge in [0, 0.05) is 56.7 Å². The van der Waals surface area contributed by atoms with Crippen LogP contribution in [0.4, 0.5) is 16.3 Å². The lowest BCUT2D eigenvalue weighted by molar-refractivity contribution is 0.0240. The summed E-state index contributed by atoms with van der Waals surface area (Å²) < 4.78 is 5.46. The minimum Gasteiger partial charge on any atom is -0.478 e. The smallest absolute Gasteiger partial charge is 0.410 e. The Balaban J connectivity index is 1.48. The molecule has 2 aromatic rings. The number of rotatable bonds is 4. The Bertz CT molecular complexity index is 1040. The van der Waals surface area contributed by atoms with E-state index in [0.29, 0.717) is 31.7 Å². The van der Waals surface area contributed by atoms with Crippen LogP contribution in [-0.2, 0) is 11.2 Å². The minimum atomic E-state index is -0.890. The van der Waals surface area contributed by atoms with Crippen molar-refractivity contribution in [3.05, 3.63) is 41.6 Å². The van der Waals surface area contributed by atoms with Crippen LogP contribution in [0.2, 0.25) is 0 Å². The Hall–Kier alpha value is -3.29. The molecule has 4 rings (SSSR count). The maximum Gasteiger partial charge on any atom is 0.410 e. The highest BCUT2D eigenvalue weighted by Gasteiger charge is 2.27. The van der Waals surface area contributed by atoms with E-state index in [0.717, 1.165) is 47.7 Å². The molecule has 2 aliphatic rings. The van der Waals surface area contributed by atoms with E-state index in [1.165, 1.54) is 0 Å². The molecule has 3 heterocycles. The lowest BCUT2D eigenvalue weighted by atomic mass is 9.98. The third-order valence-electron chi connectivity index (χ3n) is 6.15. The first kappa shape index (κ1) is 22.9. The van der Waals surface area contributed by atoms with Gasteiger partial charge in [-0.15, -0.1) is 0 Å². The van der Waals surface area contributed by atoms with Crippen molar-refractivity contribution in [2.24, 2.45) is 0 Å². The SMILES string of the molecule is CCN1CCc2c(C(=O)O)cc(-c3ccc(N4CCN(C(=O)OC(C)(C)C)CC4)nc3)cc21. The molecule has 8 nitrogen and oxygen atoms in total. The van der Waals surface area contributed by atoms with Gasteiger partial charge >= 0.3 is 12.1 Å². The number of hydrogen-bond acceptors (Lipinski definition) is 6. The zero-order valence-electron chi connectivity index (χ0n) is 19.8. The maximum atomic E-state index is 12.3. The molecular formula is C25H32N4O4. The molecule has 0 saturated carbocycles. The normalized spacial score (nSPS) is 16.1. The fourth-order valence-electron chi connectivity index (χ4n) is 4.44. The number of piperazine rings is 1. The number of anilines is 2. The molecule has 1 aromatic carbocycles. The van der Waals surface area contributed by atoms with E-state index in [-0.39, 0.29) is 6.09 Å². The minimum absolute atomic E-state index is 0.280. The predicted molar refractivity (Wildman–Crippen MR) is 128 cm³/mol. The van der Waals surface area contributed by atoms with E-state index < -0.39 is 11.6 Å². The van der Waals surface area contributed by atoms with Gasteiger partial charge in [-0.05, 0) is 69.5 Å². The van der Waals surface area contributed by atoms with Gasteiger partial charge in [0.05, 0.1) is 5.56 Å². The molecule has 0 aliphatic carbocycles. The number of amides is 1. The lowest BCUT2D eigenvalue weighted by Gasteiger charge is -2.36. The Labute approximate surface area is 194 Å². The van der Waals surface area contributed by atoms with Crippen LogP contribution in [0, 0.1) is 0 Å². The third-order valence-corrected chi connectivity index (χ3v) is 6.15. The average molecular weight is 453 g/mol. The van der Waals surface area contributed by atoms with Crippen LogP contribution in [-0.4, -0.2) is 71.9 Å². The molecule has 33 heavy (non-hydrogen) atoms. The van der Waals surface area contributed by atoms with Crippen molar-refractivity contribution in [3.63, 3.8) is 0 Å². The molecule has 2 aliphatic heterocycles. The fraction of sp³-hybridized carbons (Fsp3) is 0.480. The van der Waals surface area contributed by atoms with Crippen molar-refractivity contribution < 1.29 is 19.4 Å². The van der Waals surface area contributed by atoms with E-state index in [1.54, 1.807) is 17.2 Å². The van der Waals surface area contributed by atoms with Crippen LogP contribution in [0.25, 0.3) is 11.1 Å². The van der Waals surface area contributed by atoms with Crippen LogP contribution < -0.4 is 9.80 Å². The second-order valence-corrected chi connectivity index (χ2v) is 9.52. The zero-order valence-corrected chi connectivity index (χ0v) is 19.8. The summed E-state index contributed by atoms with van der Waals surface area (Å²) in [6.07, 6.45) is 2.28. The number of carbonyl (C=O) groups is 2. The van der Waals surface area contributed by atoms with E-state index in [4.69, 9.17) is 4.74 Å². The molecular weight excluding hydrogens is 420 g/mol. The topological polar surface area (TPSA) is 86.2 Å². The summed E-state index contributed by atoms with van der Waals surface area (Å²) in [7, 11) is 0. The molecule has 176 valence electrons. The number of carboxylic acid groups (broad SMARTS) is 1. The molecule has 0 spiro atoms. The number of pyridine rings is 1. The molecule has 8 heteroatoms. The van der Waals surface area contributed by atoms with Crippen molar-refractivity contribution >= 4 is 23.6 Å². The van der Waals surface area contributed by atoms with Gasteiger partial charge in [0.25, 0.3) is 0 Å². The second kappa shape index (κ2) is 8.92. The summed E-state index contributed by atoms with van der Waals surface area (Å²) in [4.78, 5) is 34.9. The molecule has 0 radical (unpaired) electrons. The molecule has 1 aromatic heterocycles. The van der Waals surface area contributed by atoms with Crippen molar-refractivity contribution in [3.8, 4) is 11.1 Å². The van der Waals surface area contributed by atoms with Crippen LogP contribution in [0.3, 0.4) is 0 Å². The molecule has 0 atom stereocenters.